The zero-order chi connectivity index (χ0) is 20.2. The predicted molar refractivity (Wildman–Crippen MR) is 106 cm³/mol. The third-order valence-corrected chi connectivity index (χ3v) is 5.65. The lowest BCUT2D eigenvalue weighted by Crippen LogP contribution is -2.31. The molecule has 0 heterocycles. The summed E-state index contributed by atoms with van der Waals surface area (Å²) >= 11 is 0. The molecule has 2 aromatic carbocycles. The Kier molecular flexibility index (Phi) is 6.62. The lowest BCUT2D eigenvalue weighted by atomic mass is 10.0. The fraction of sp³-hybridized carbons (Fsp3) is 0.350. The Labute approximate surface area is 161 Å². The Morgan fingerprint density at radius 3 is 2.41 bits per heavy atom. The Balaban J connectivity index is 2.24. The predicted octanol–water partition coefficient (Wildman–Crippen LogP) is 3.18. The number of benzene rings is 2. The molecule has 0 bridgehead atoms. The van der Waals surface area contributed by atoms with E-state index in [1.165, 1.54) is 12.1 Å². The molecule has 0 aromatic heterocycles. The number of hydrogen-bond donors (Lipinski definition) is 2. The van der Waals surface area contributed by atoms with Gasteiger partial charge in [-0.05, 0) is 52.0 Å². The van der Waals surface area contributed by atoms with Crippen LogP contribution in [0, 0.1) is 6.92 Å². The van der Waals surface area contributed by atoms with E-state index in [0.29, 0.717) is 5.75 Å². The van der Waals surface area contributed by atoms with Gasteiger partial charge >= 0.3 is 0 Å². The minimum absolute atomic E-state index is 0.0599. The molecule has 6 nitrogen and oxygen atoms in total. The van der Waals surface area contributed by atoms with Gasteiger partial charge in [-0.1, -0.05) is 23.8 Å². The molecule has 0 saturated heterocycles. The van der Waals surface area contributed by atoms with Gasteiger partial charge in [0, 0.05) is 17.2 Å². The summed E-state index contributed by atoms with van der Waals surface area (Å²) in [5, 5.41) is 2.90. The molecule has 27 heavy (non-hydrogen) atoms. The average Bonchev–Trinajstić information content (AvgIpc) is 2.60. The third kappa shape index (κ3) is 5.30. The molecular formula is C20H26N2O4S. The van der Waals surface area contributed by atoms with Crippen LogP contribution in [0.15, 0.2) is 47.4 Å². The Hall–Kier alpha value is -2.38. The van der Waals surface area contributed by atoms with Crippen molar-refractivity contribution in [3.63, 3.8) is 0 Å². The van der Waals surface area contributed by atoms with Crippen LogP contribution in [0.3, 0.4) is 0 Å². The van der Waals surface area contributed by atoms with E-state index in [1.807, 2.05) is 32.0 Å². The van der Waals surface area contributed by atoms with Crippen molar-refractivity contribution in [2.45, 2.75) is 44.7 Å². The van der Waals surface area contributed by atoms with E-state index in [1.54, 1.807) is 33.1 Å². The van der Waals surface area contributed by atoms with Crippen molar-refractivity contribution in [2.24, 2.45) is 0 Å². The Bertz CT molecular complexity index is 923. The van der Waals surface area contributed by atoms with Gasteiger partial charge in [-0.3, -0.25) is 4.79 Å². The van der Waals surface area contributed by atoms with Crippen LogP contribution in [0.25, 0.3) is 0 Å². The van der Waals surface area contributed by atoms with Crippen molar-refractivity contribution >= 4 is 15.9 Å². The fourth-order valence-electron chi connectivity index (χ4n) is 2.73. The first-order chi connectivity index (χ1) is 12.6. The molecule has 1 unspecified atom stereocenters. The quantitative estimate of drug-likeness (QED) is 0.760. The van der Waals surface area contributed by atoms with Crippen molar-refractivity contribution in [3.8, 4) is 5.75 Å². The van der Waals surface area contributed by atoms with Gasteiger partial charge in [0.05, 0.1) is 18.0 Å². The Morgan fingerprint density at radius 1 is 1.07 bits per heavy atom. The molecule has 0 aliphatic heterocycles. The molecule has 0 radical (unpaired) electrons. The van der Waals surface area contributed by atoms with Crippen molar-refractivity contribution in [2.75, 3.05) is 7.11 Å². The van der Waals surface area contributed by atoms with Crippen molar-refractivity contribution in [3.05, 3.63) is 59.2 Å². The number of carbonyl (C=O) groups is 1. The van der Waals surface area contributed by atoms with Crippen molar-refractivity contribution < 1.29 is 17.9 Å². The first-order valence-corrected chi connectivity index (χ1v) is 10.2. The highest BCUT2D eigenvalue weighted by atomic mass is 32.2. The van der Waals surface area contributed by atoms with Crippen molar-refractivity contribution in [1.82, 2.24) is 10.0 Å². The van der Waals surface area contributed by atoms with E-state index in [-0.39, 0.29) is 28.4 Å². The van der Waals surface area contributed by atoms with Crippen LogP contribution >= 0.6 is 0 Å². The second-order valence-electron chi connectivity index (χ2n) is 6.74. The summed E-state index contributed by atoms with van der Waals surface area (Å²) in [5.41, 5.74) is 2.19. The molecule has 0 fully saturated rings. The standard InChI is InChI=1S/C20H26N2O4S/c1-13(2)22-27(24,25)17-8-6-7-16(12-17)20(23)21-15(4)18-11-14(3)9-10-19(18)26-5/h6-13,15,22H,1-5H3,(H,21,23). The summed E-state index contributed by atoms with van der Waals surface area (Å²) < 4.78 is 32.5. The highest BCUT2D eigenvalue weighted by Crippen LogP contribution is 2.26. The van der Waals surface area contributed by atoms with Crippen LogP contribution in [0.2, 0.25) is 0 Å². The van der Waals surface area contributed by atoms with E-state index in [2.05, 4.69) is 10.0 Å². The maximum atomic E-state index is 12.6. The maximum absolute atomic E-state index is 12.6. The van der Waals surface area contributed by atoms with Gasteiger partial charge in [-0.25, -0.2) is 13.1 Å². The normalized spacial score (nSPS) is 12.7. The number of nitrogens with one attached hydrogen (secondary N) is 2. The zero-order valence-electron chi connectivity index (χ0n) is 16.2. The fourth-order valence-corrected chi connectivity index (χ4v) is 4.03. The third-order valence-electron chi connectivity index (χ3n) is 4.00. The van der Waals surface area contributed by atoms with E-state index < -0.39 is 10.0 Å². The molecule has 1 amide bonds. The first kappa shape index (κ1) is 20.9. The molecule has 2 N–H and O–H groups in total. The van der Waals surface area contributed by atoms with Crippen LogP contribution in [0.4, 0.5) is 0 Å². The second kappa shape index (κ2) is 8.54. The van der Waals surface area contributed by atoms with Crippen LogP contribution in [-0.4, -0.2) is 27.5 Å². The number of hydrogen-bond acceptors (Lipinski definition) is 4. The molecule has 0 aliphatic carbocycles. The molecule has 0 aliphatic rings. The van der Waals surface area contributed by atoms with Gasteiger partial charge in [-0.15, -0.1) is 0 Å². The number of ether oxygens (including phenoxy) is 1. The van der Waals surface area contributed by atoms with E-state index >= 15 is 0 Å². The zero-order valence-corrected chi connectivity index (χ0v) is 17.1. The number of amides is 1. The molecule has 146 valence electrons. The molecule has 0 saturated carbocycles. The van der Waals surface area contributed by atoms with Crippen LogP contribution in [-0.2, 0) is 10.0 Å². The number of sulfonamides is 1. The van der Waals surface area contributed by atoms with Gasteiger partial charge in [0.1, 0.15) is 5.75 Å². The number of aryl methyl sites for hydroxylation is 1. The smallest absolute Gasteiger partial charge is 0.251 e. The van der Waals surface area contributed by atoms with Gasteiger partial charge < -0.3 is 10.1 Å². The molecule has 2 rings (SSSR count). The summed E-state index contributed by atoms with van der Waals surface area (Å²) in [6, 6.07) is 11.2. The lowest BCUT2D eigenvalue weighted by molar-refractivity contribution is 0.0939. The SMILES string of the molecule is COc1ccc(C)cc1C(C)NC(=O)c1cccc(S(=O)(=O)NC(C)C)c1. The van der Waals surface area contributed by atoms with Crippen LogP contribution < -0.4 is 14.8 Å². The van der Waals surface area contributed by atoms with E-state index in [0.717, 1.165) is 11.1 Å². The molecule has 0 spiro atoms. The van der Waals surface area contributed by atoms with Crippen LogP contribution in [0.1, 0.15) is 48.3 Å². The average molecular weight is 391 g/mol. The monoisotopic (exact) mass is 390 g/mol. The molecular weight excluding hydrogens is 364 g/mol. The van der Waals surface area contributed by atoms with E-state index in [9.17, 15) is 13.2 Å². The summed E-state index contributed by atoms with van der Waals surface area (Å²) in [4.78, 5) is 12.7. The minimum atomic E-state index is -3.66. The number of methoxy groups -OCH3 is 1. The summed E-state index contributed by atoms with van der Waals surface area (Å²) in [7, 11) is -2.08. The largest absolute Gasteiger partial charge is 0.496 e. The van der Waals surface area contributed by atoms with E-state index in [4.69, 9.17) is 4.74 Å². The molecule has 2 aromatic rings. The highest BCUT2D eigenvalue weighted by molar-refractivity contribution is 7.89. The van der Waals surface area contributed by atoms with Gasteiger partial charge in [-0.2, -0.15) is 0 Å². The number of rotatable bonds is 7. The topological polar surface area (TPSA) is 84.5 Å². The van der Waals surface area contributed by atoms with Gasteiger partial charge in [0.15, 0.2) is 0 Å². The molecule has 1 atom stereocenters. The second-order valence-corrected chi connectivity index (χ2v) is 8.46. The van der Waals surface area contributed by atoms with Crippen LogP contribution in [0.5, 0.6) is 5.75 Å². The van der Waals surface area contributed by atoms with Gasteiger partial charge in [0.2, 0.25) is 10.0 Å². The first-order valence-electron chi connectivity index (χ1n) is 8.72. The maximum Gasteiger partial charge on any atom is 0.251 e. The minimum Gasteiger partial charge on any atom is -0.496 e. The summed E-state index contributed by atoms with van der Waals surface area (Å²) in [6.45, 7) is 7.31. The van der Waals surface area contributed by atoms with Crippen molar-refractivity contribution in [1.29, 1.82) is 0 Å². The highest BCUT2D eigenvalue weighted by Gasteiger charge is 2.19. The summed E-state index contributed by atoms with van der Waals surface area (Å²) in [5.74, 6) is 0.332. The number of carbonyl (C=O) groups excluding carboxylic acids is 1. The lowest BCUT2D eigenvalue weighted by Gasteiger charge is -2.18. The molecule has 7 heteroatoms. The summed E-state index contributed by atoms with van der Waals surface area (Å²) in [6.07, 6.45) is 0. The Morgan fingerprint density at radius 2 is 1.78 bits per heavy atom. The van der Waals surface area contributed by atoms with Gasteiger partial charge in [0.25, 0.3) is 5.91 Å².